The Kier molecular flexibility index (Phi) is 10.3. The largest absolute Gasteiger partial charge is 0.354 e. The quantitative estimate of drug-likeness (QED) is 0.294. The average Bonchev–Trinajstić information content (AvgIpc) is 2.84. The van der Waals surface area contributed by atoms with Gasteiger partial charge in [0.25, 0.3) is 0 Å². The Morgan fingerprint density at radius 2 is 1.60 bits per heavy atom. The van der Waals surface area contributed by atoms with Crippen LogP contribution in [0.1, 0.15) is 30.0 Å². The molecule has 3 rings (SSSR count). The number of carbonyl (C=O) groups is 2. The molecule has 1 unspecified atom stereocenters. The van der Waals surface area contributed by atoms with Crippen molar-refractivity contribution in [2.24, 2.45) is 0 Å². The van der Waals surface area contributed by atoms with E-state index in [1.54, 1.807) is 41.3 Å². The minimum Gasteiger partial charge on any atom is -0.354 e. The van der Waals surface area contributed by atoms with E-state index in [1.807, 2.05) is 37.3 Å². The molecule has 3 aromatic rings. The molecule has 1 N–H and O–H groups in total. The zero-order valence-electron chi connectivity index (χ0n) is 19.2. The predicted octanol–water partition coefficient (Wildman–Crippen LogP) is 7.01. The van der Waals surface area contributed by atoms with Crippen molar-refractivity contribution in [3.05, 3.63) is 104 Å². The van der Waals surface area contributed by atoms with Crippen LogP contribution in [0.25, 0.3) is 0 Å². The Labute approximate surface area is 226 Å². The molecule has 184 valence electrons. The number of rotatable bonds is 10. The summed E-state index contributed by atoms with van der Waals surface area (Å²) in [6, 6.07) is 19.1. The molecule has 0 fully saturated rings. The van der Waals surface area contributed by atoms with Crippen LogP contribution in [-0.4, -0.2) is 29.3 Å². The van der Waals surface area contributed by atoms with Crippen LogP contribution in [0.4, 0.5) is 0 Å². The lowest BCUT2D eigenvalue weighted by Gasteiger charge is -2.32. The Morgan fingerprint density at radius 3 is 2.26 bits per heavy atom. The summed E-state index contributed by atoms with van der Waals surface area (Å²) in [5.41, 5.74) is 2.34. The zero-order valence-corrected chi connectivity index (χ0v) is 22.3. The summed E-state index contributed by atoms with van der Waals surface area (Å²) < 4.78 is 0. The van der Waals surface area contributed by atoms with E-state index in [0.29, 0.717) is 44.2 Å². The van der Waals surface area contributed by atoms with Gasteiger partial charge in [0.2, 0.25) is 11.8 Å². The minimum atomic E-state index is -0.744. The van der Waals surface area contributed by atoms with E-state index in [0.717, 1.165) is 12.0 Å². The number of benzene rings is 3. The van der Waals surface area contributed by atoms with Gasteiger partial charge < -0.3 is 10.2 Å². The maximum Gasteiger partial charge on any atom is 0.243 e. The Hall–Kier alpha value is -2.24. The van der Waals surface area contributed by atoms with E-state index in [4.69, 9.17) is 46.4 Å². The molecule has 0 heterocycles. The fraction of sp³-hybridized carbons (Fsp3) is 0.259. The van der Waals surface area contributed by atoms with Crippen molar-refractivity contribution in [2.75, 3.05) is 6.54 Å². The number of nitrogens with zero attached hydrogens (tertiary/aromatic N) is 1. The van der Waals surface area contributed by atoms with Gasteiger partial charge in [-0.1, -0.05) is 95.8 Å². The van der Waals surface area contributed by atoms with Crippen molar-refractivity contribution >= 4 is 58.2 Å². The Morgan fingerprint density at radius 1 is 0.857 bits per heavy atom. The highest BCUT2D eigenvalue weighted by Gasteiger charge is 2.30. The summed E-state index contributed by atoms with van der Waals surface area (Å²) in [4.78, 5) is 28.6. The van der Waals surface area contributed by atoms with Crippen LogP contribution in [0.15, 0.2) is 66.7 Å². The van der Waals surface area contributed by atoms with Gasteiger partial charge >= 0.3 is 0 Å². The molecule has 0 aliphatic carbocycles. The van der Waals surface area contributed by atoms with Crippen LogP contribution in [0, 0.1) is 0 Å². The molecule has 1 atom stereocenters. The smallest absolute Gasteiger partial charge is 0.243 e. The summed E-state index contributed by atoms with van der Waals surface area (Å²) in [7, 11) is 0. The summed E-state index contributed by atoms with van der Waals surface area (Å²) in [6.45, 7) is 2.64. The molecule has 0 aliphatic heterocycles. The predicted molar refractivity (Wildman–Crippen MR) is 144 cm³/mol. The molecule has 0 aromatic heterocycles. The number of carbonyl (C=O) groups excluding carboxylic acids is 2. The normalized spacial score (nSPS) is 11.7. The van der Waals surface area contributed by atoms with Crippen LogP contribution in [-0.2, 0) is 29.0 Å². The molecule has 35 heavy (non-hydrogen) atoms. The van der Waals surface area contributed by atoms with E-state index in [1.165, 1.54) is 0 Å². The Bertz CT molecular complexity index is 1170. The van der Waals surface area contributed by atoms with E-state index in [9.17, 15) is 9.59 Å². The fourth-order valence-electron chi connectivity index (χ4n) is 3.68. The fourth-order valence-corrected chi connectivity index (χ4v) is 4.47. The minimum absolute atomic E-state index is 0.0500. The first-order valence-corrected chi connectivity index (χ1v) is 12.8. The Balaban J connectivity index is 1.99. The number of halogens is 4. The van der Waals surface area contributed by atoms with E-state index in [-0.39, 0.29) is 24.8 Å². The van der Waals surface area contributed by atoms with E-state index in [2.05, 4.69) is 5.32 Å². The highest BCUT2D eigenvalue weighted by molar-refractivity contribution is 6.42. The van der Waals surface area contributed by atoms with Gasteiger partial charge in [-0.25, -0.2) is 0 Å². The lowest BCUT2D eigenvalue weighted by Crippen LogP contribution is -2.51. The SMILES string of the molecule is CCCNC(=O)C(Cc1ccccc1)N(Cc1ccc(Cl)cc1Cl)C(=O)Cc1ccc(Cl)c(Cl)c1. The molecular weight excluding hydrogens is 526 g/mol. The second-order valence-electron chi connectivity index (χ2n) is 8.18. The lowest BCUT2D eigenvalue weighted by molar-refractivity contribution is -0.140. The second-order valence-corrected chi connectivity index (χ2v) is 9.84. The molecule has 2 amide bonds. The van der Waals surface area contributed by atoms with E-state index < -0.39 is 6.04 Å². The van der Waals surface area contributed by atoms with Crippen molar-refractivity contribution in [2.45, 2.75) is 38.8 Å². The van der Waals surface area contributed by atoms with E-state index >= 15 is 0 Å². The molecule has 0 saturated carbocycles. The highest BCUT2D eigenvalue weighted by Crippen LogP contribution is 2.26. The first-order valence-electron chi connectivity index (χ1n) is 11.3. The molecule has 0 saturated heterocycles. The number of amides is 2. The third-order valence-electron chi connectivity index (χ3n) is 5.52. The number of hydrogen-bond donors (Lipinski definition) is 1. The van der Waals surface area contributed by atoms with Crippen LogP contribution >= 0.6 is 46.4 Å². The van der Waals surface area contributed by atoms with Gasteiger partial charge in [-0.3, -0.25) is 9.59 Å². The third-order valence-corrected chi connectivity index (χ3v) is 6.84. The molecule has 8 heteroatoms. The monoisotopic (exact) mass is 550 g/mol. The number of nitrogens with one attached hydrogen (secondary N) is 1. The van der Waals surface area contributed by atoms with Gasteiger partial charge in [0.05, 0.1) is 16.5 Å². The maximum absolute atomic E-state index is 13.7. The maximum atomic E-state index is 13.7. The third kappa shape index (κ3) is 7.88. The average molecular weight is 552 g/mol. The lowest BCUT2D eigenvalue weighted by atomic mass is 10.0. The molecule has 3 aromatic carbocycles. The summed E-state index contributed by atoms with van der Waals surface area (Å²) in [5, 5.41) is 4.65. The van der Waals surface area contributed by atoms with Crippen molar-refractivity contribution in [3.63, 3.8) is 0 Å². The van der Waals surface area contributed by atoms with Crippen LogP contribution < -0.4 is 5.32 Å². The van der Waals surface area contributed by atoms with Crippen molar-refractivity contribution in [1.82, 2.24) is 10.2 Å². The zero-order chi connectivity index (χ0) is 25.4. The standard InChI is InChI=1S/C27H26Cl4N2O2/c1-2-12-32-27(35)25(14-18-6-4-3-5-7-18)33(17-20-9-10-21(28)16-23(20)30)26(34)15-19-8-11-22(29)24(31)13-19/h3-11,13,16,25H,2,12,14-15,17H2,1H3,(H,32,35). The van der Waals surface area contributed by atoms with Gasteiger partial charge in [0, 0.05) is 29.6 Å². The topological polar surface area (TPSA) is 49.4 Å². The van der Waals surface area contributed by atoms with Gasteiger partial charge in [-0.15, -0.1) is 0 Å². The summed E-state index contributed by atoms with van der Waals surface area (Å²) >= 11 is 24.7. The molecule has 0 spiro atoms. The van der Waals surface area contributed by atoms with Crippen LogP contribution in [0.5, 0.6) is 0 Å². The van der Waals surface area contributed by atoms with Crippen LogP contribution in [0.3, 0.4) is 0 Å². The molecule has 0 aliphatic rings. The van der Waals surface area contributed by atoms with Crippen molar-refractivity contribution in [1.29, 1.82) is 0 Å². The summed E-state index contributed by atoms with van der Waals surface area (Å²) in [6.07, 6.45) is 1.19. The van der Waals surface area contributed by atoms with Gasteiger partial charge in [0.15, 0.2) is 0 Å². The molecule has 0 radical (unpaired) electrons. The van der Waals surface area contributed by atoms with Crippen LogP contribution in [0.2, 0.25) is 20.1 Å². The van der Waals surface area contributed by atoms with Gasteiger partial charge in [-0.2, -0.15) is 0 Å². The molecule has 0 bridgehead atoms. The summed E-state index contributed by atoms with van der Waals surface area (Å²) in [5.74, 6) is -0.453. The second kappa shape index (κ2) is 13.2. The van der Waals surface area contributed by atoms with Crippen molar-refractivity contribution in [3.8, 4) is 0 Å². The van der Waals surface area contributed by atoms with Gasteiger partial charge in [0.1, 0.15) is 6.04 Å². The van der Waals surface area contributed by atoms with Crippen molar-refractivity contribution < 1.29 is 9.59 Å². The van der Waals surface area contributed by atoms with Gasteiger partial charge in [-0.05, 0) is 47.4 Å². The number of hydrogen-bond acceptors (Lipinski definition) is 2. The molecular formula is C27H26Cl4N2O2. The highest BCUT2D eigenvalue weighted by atomic mass is 35.5. The first-order chi connectivity index (χ1) is 16.8. The first kappa shape index (κ1) is 27.3. The molecule has 4 nitrogen and oxygen atoms in total.